The van der Waals surface area contributed by atoms with Gasteiger partial charge in [0.05, 0.1) is 0 Å². The van der Waals surface area contributed by atoms with E-state index < -0.39 is 0 Å². The van der Waals surface area contributed by atoms with E-state index in [0.717, 1.165) is 12.8 Å². The average Bonchev–Trinajstić information content (AvgIpc) is 2.30. The van der Waals surface area contributed by atoms with Gasteiger partial charge in [0.25, 0.3) is 0 Å². The Morgan fingerprint density at radius 2 is 1.71 bits per heavy atom. The molecule has 0 radical (unpaired) electrons. The van der Waals surface area contributed by atoms with Crippen LogP contribution in [0.4, 0.5) is 0 Å². The second-order valence-corrected chi connectivity index (χ2v) is 3.43. The highest BCUT2D eigenvalue weighted by atomic mass is 14.8. The summed E-state index contributed by atoms with van der Waals surface area (Å²) in [6, 6.07) is 10.5. The Morgan fingerprint density at radius 1 is 1.00 bits per heavy atom. The number of likely N-dealkylation sites (N-methyl/N-ethyl adjacent to an activating group) is 1. The van der Waals surface area contributed by atoms with Crippen molar-refractivity contribution in [3.63, 3.8) is 0 Å². The molecule has 0 amide bonds. The molecule has 0 spiro atoms. The number of hydrogen-bond acceptors (Lipinski definition) is 1. The van der Waals surface area contributed by atoms with Crippen LogP contribution in [0.2, 0.25) is 0 Å². The van der Waals surface area contributed by atoms with Crippen LogP contribution in [0.25, 0.3) is 5.57 Å². The van der Waals surface area contributed by atoms with Gasteiger partial charge in [-0.05, 0) is 18.4 Å². The fraction of sp³-hybridized carbons (Fsp3) is 0.231. The molecule has 14 heavy (non-hydrogen) atoms. The molecule has 0 saturated carbocycles. The maximum atomic E-state index is 3.25. The molecule has 1 nitrogen and oxygen atoms in total. The Hall–Kier alpha value is -1.50. The molecule has 0 bridgehead atoms. The number of allylic oxidation sites excluding steroid dienone is 3. The molecule has 1 aromatic rings. The second kappa shape index (κ2) is 4.14. The second-order valence-electron chi connectivity index (χ2n) is 3.43. The van der Waals surface area contributed by atoms with Crippen LogP contribution in [0, 0.1) is 0 Å². The highest BCUT2D eigenvalue weighted by molar-refractivity contribution is 5.79. The highest BCUT2D eigenvalue weighted by Gasteiger charge is 2.08. The van der Waals surface area contributed by atoms with Gasteiger partial charge in [0.15, 0.2) is 0 Å². The monoisotopic (exact) mass is 185 g/mol. The summed E-state index contributed by atoms with van der Waals surface area (Å²) >= 11 is 0. The minimum atomic E-state index is 1.15. The average molecular weight is 185 g/mol. The molecule has 2 rings (SSSR count). The van der Waals surface area contributed by atoms with Crippen molar-refractivity contribution in [2.24, 2.45) is 0 Å². The Morgan fingerprint density at radius 3 is 2.43 bits per heavy atom. The summed E-state index contributed by atoms with van der Waals surface area (Å²) in [4.78, 5) is 0. The van der Waals surface area contributed by atoms with Crippen LogP contribution in [-0.4, -0.2) is 7.05 Å². The highest BCUT2D eigenvalue weighted by Crippen LogP contribution is 2.25. The Labute approximate surface area is 85.2 Å². The van der Waals surface area contributed by atoms with Gasteiger partial charge in [0.1, 0.15) is 0 Å². The van der Waals surface area contributed by atoms with Crippen molar-refractivity contribution in [3.8, 4) is 0 Å². The van der Waals surface area contributed by atoms with Crippen LogP contribution >= 0.6 is 0 Å². The molecule has 72 valence electrons. The topological polar surface area (TPSA) is 12.0 Å². The van der Waals surface area contributed by atoms with Crippen LogP contribution in [-0.2, 0) is 0 Å². The summed E-state index contributed by atoms with van der Waals surface area (Å²) in [6.07, 6.45) is 6.87. The van der Waals surface area contributed by atoms with Crippen LogP contribution in [0.3, 0.4) is 0 Å². The van der Waals surface area contributed by atoms with Gasteiger partial charge in [-0.3, -0.25) is 0 Å². The maximum Gasteiger partial charge on any atom is 0.0373 e. The fourth-order valence-electron chi connectivity index (χ4n) is 1.80. The molecule has 0 atom stereocenters. The third-order valence-electron chi connectivity index (χ3n) is 2.51. The first-order valence-electron chi connectivity index (χ1n) is 5.05. The van der Waals surface area contributed by atoms with E-state index in [0.29, 0.717) is 0 Å². The first kappa shape index (κ1) is 9.07. The summed E-state index contributed by atoms with van der Waals surface area (Å²) in [7, 11) is 1.98. The van der Waals surface area contributed by atoms with E-state index >= 15 is 0 Å². The minimum absolute atomic E-state index is 1.15. The first-order chi connectivity index (χ1) is 6.92. The van der Waals surface area contributed by atoms with Crippen LogP contribution in [0.5, 0.6) is 0 Å². The lowest BCUT2D eigenvalue weighted by Crippen LogP contribution is -2.09. The standard InChI is InChI=1S/C13H15N/c1-14-13-10-6-5-9-12(13)11-7-3-2-4-8-11/h2-4,7-10,14H,5-6H2,1H3. The van der Waals surface area contributed by atoms with Crippen LogP contribution < -0.4 is 5.32 Å². The predicted octanol–water partition coefficient (Wildman–Crippen LogP) is 2.97. The van der Waals surface area contributed by atoms with Gasteiger partial charge in [0.2, 0.25) is 0 Å². The van der Waals surface area contributed by atoms with Gasteiger partial charge in [-0.2, -0.15) is 0 Å². The van der Waals surface area contributed by atoms with Crippen molar-refractivity contribution in [2.75, 3.05) is 7.05 Å². The lowest BCUT2D eigenvalue weighted by molar-refractivity contribution is 0.951. The van der Waals surface area contributed by atoms with Gasteiger partial charge < -0.3 is 5.32 Å². The van der Waals surface area contributed by atoms with Crippen molar-refractivity contribution in [2.45, 2.75) is 12.8 Å². The third kappa shape index (κ3) is 1.72. The van der Waals surface area contributed by atoms with Crippen LogP contribution in [0.15, 0.2) is 48.2 Å². The third-order valence-corrected chi connectivity index (χ3v) is 2.51. The number of benzene rings is 1. The molecule has 1 N–H and O–H groups in total. The number of nitrogens with one attached hydrogen (secondary N) is 1. The molecular weight excluding hydrogens is 170 g/mol. The molecule has 0 aliphatic heterocycles. The quantitative estimate of drug-likeness (QED) is 0.747. The van der Waals surface area contributed by atoms with Gasteiger partial charge in [-0.1, -0.05) is 42.5 Å². The molecule has 1 aromatic carbocycles. The van der Waals surface area contributed by atoms with E-state index in [2.05, 4.69) is 47.8 Å². The lowest BCUT2D eigenvalue weighted by Gasteiger charge is -2.16. The van der Waals surface area contributed by atoms with Crippen LogP contribution in [0.1, 0.15) is 18.4 Å². The summed E-state index contributed by atoms with van der Waals surface area (Å²) < 4.78 is 0. The zero-order valence-electron chi connectivity index (χ0n) is 8.46. The number of rotatable bonds is 2. The van der Waals surface area contributed by atoms with Crippen molar-refractivity contribution in [1.82, 2.24) is 5.32 Å². The molecule has 0 heterocycles. The SMILES string of the molecule is CNC1=CCCC=C1c1ccccc1. The largest absolute Gasteiger partial charge is 0.388 e. The normalized spacial score (nSPS) is 15.8. The molecule has 0 aromatic heterocycles. The van der Waals surface area contributed by atoms with Crippen molar-refractivity contribution >= 4 is 5.57 Å². The van der Waals surface area contributed by atoms with Crippen molar-refractivity contribution in [3.05, 3.63) is 53.7 Å². The van der Waals surface area contributed by atoms with E-state index in [1.54, 1.807) is 0 Å². The van der Waals surface area contributed by atoms with Gasteiger partial charge in [0, 0.05) is 18.3 Å². The molecule has 0 saturated heterocycles. The predicted molar refractivity (Wildman–Crippen MR) is 60.8 cm³/mol. The van der Waals surface area contributed by atoms with E-state index in [-0.39, 0.29) is 0 Å². The smallest absolute Gasteiger partial charge is 0.0373 e. The lowest BCUT2D eigenvalue weighted by atomic mass is 9.96. The maximum absolute atomic E-state index is 3.25. The number of hydrogen-bond donors (Lipinski definition) is 1. The molecule has 1 aliphatic carbocycles. The molecule has 1 heteroatoms. The van der Waals surface area contributed by atoms with E-state index in [1.165, 1.54) is 16.8 Å². The molecular formula is C13H15N. The minimum Gasteiger partial charge on any atom is -0.388 e. The molecule has 0 unspecified atom stereocenters. The van der Waals surface area contributed by atoms with E-state index in [4.69, 9.17) is 0 Å². The van der Waals surface area contributed by atoms with E-state index in [1.807, 2.05) is 7.05 Å². The van der Waals surface area contributed by atoms with E-state index in [9.17, 15) is 0 Å². The Balaban J connectivity index is 2.34. The fourth-order valence-corrected chi connectivity index (χ4v) is 1.80. The Bertz CT molecular complexity index is 360. The zero-order chi connectivity index (χ0) is 9.80. The van der Waals surface area contributed by atoms with Gasteiger partial charge >= 0.3 is 0 Å². The summed E-state index contributed by atoms with van der Waals surface area (Å²) in [6.45, 7) is 0. The summed E-state index contributed by atoms with van der Waals surface area (Å²) in [5.41, 5.74) is 3.88. The Kier molecular flexibility index (Phi) is 2.68. The first-order valence-corrected chi connectivity index (χ1v) is 5.05. The molecule has 1 aliphatic rings. The molecule has 0 fully saturated rings. The van der Waals surface area contributed by atoms with Crippen molar-refractivity contribution < 1.29 is 0 Å². The van der Waals surface area contributed by atoms with Gasteiger partial charge in [-0.15, -0.1) is 0 Å². The summed E-state index contributed by atoms with van der Waals surface area (Å²) in [5.74, 6) is 0. The zero-order valence-corrected chi connectivity index (χ0v) is 8.46. The summed E-state index contributed by atoms with van der Waals surface area (Å²) in [5, 5.41) is 3.25. The van der Waals surface area contributed by atoms with Gasteiger partial charge in [-0.25, -0.2) is 0 Å². The van der Waals surface area contributed by atoms with Crippen molar-refractivity contribution in [1.29, 1.82) is 0 Å².